The van der Waals surface area contributed by atoms with Gasteiger partial charge in [0.25, 0.3) is 0 Å². The SMILES string of the molecule is CC.Cc1cn(C)nc1C(=O)O. The molecule has 1 aromatic rings. The van der Waals surface area contributed by atoms with Crippen LogP contribution in [-0.4, -0.2) is 20.9 Å². The number of carbonyl (C=O) groups is 1. The Bertz CT molecular complexity index is 266. The van der Waals surface area contributed by atoms with Gasteiger partial charge in [-0.25, -0.2) is 4.79 Å². The summed E-state index contributed by atoms with van der Waals surface area (Å²) in [5.41, 5.74) is 0.817. The van der Waals surface area contributed by atoms with Crippen LogP contribution in [-0.2, 0) is 7.05 Å². The molecule has 0 amide bonds. The highest BCUT2D eigenvalue weighted by atomic mass is 16.4. The minimum atomic E-state index is -0.974. The van der Waals surface area contributed by atoms with Gasteiger partial charge in [-0.3, -0.25) is 4.68 Å². The summed E-state index contributed by atoms with van der Waals surface area (Å²) in [6, 6.07) is 0. The Balaban J connectivity index is 0.000000561. The van der Waals surface area contributed by atoms with Crippen LogP contribution in [0.25, 0.3) is 0 Å². The number of carboxylic acids is 1. The van der Waals surface area contributed by atoms with Crippen LogP contribution in [0.15, 0.2) is 6.20 Å². The van der Waals surface area contributed by atoms with Crippen molar-refractivity contribution in [1.29, 1.82) is 0 Å². The van der Waals surface area contributed by atoms with Crippen LogP contribution in [0.5, 0.6) is 0 Å². The van der Waals surface area contributed by atoms with E-state index in [-0.39, 0.29) is 5.69 Å². The molecule has 4 nitrogen and oxygen atoms in total. The number of nitrogens with zero attached hydrogens (tertiary/aromatic N) is 2. The summed E-state index contributed by atoms with van der Waals surface area (Å²) >= 11 is 0. The summed E-state index contributed by atoms with van der Waals surface area (Å²) in [7, 11) is 1.69. The topological polar surface area (TPSA) is 55.1 Å². The summed E-state index contributed by atoms with van der Waals surface area (Å²) in [6.45, 7) is 5.72. The highest BCUT2D eigenvalue weighted by Crippen LogP contribution is 2.02. The Labute approximate surface area is 71.8 Å². The second-order valence-corrected chi connectivity index (χ2v) is 2.14. The van der Waals surface area contributed by atoms with Crippen molar-refractivity contribution >= 4 is 5.97 Å². The van der Waals surface area contributed by atoms with E-state index < -0.39 is 5.97 Å². The fourth-order valence-electron chi connectivity index (χ4n) is 0.818. The number of hydrogen-bond acceptors (Lipinski definition) is 2. The van der Waals surface area contributed by atoms with E-state index in [1.807, 2.05) is 13.8 Å². The molecule has 4 heteroatoms. The van der Waals surface area contributed by atoms with Crippen molar-refractivity contribution in [2.75, 3.05) is 0 Å². The summed E-state index contributed by atoms with van der Waals surface area (Å²) in [6.07, 6.45) is 1.67. The van der Waals surface area contributed by atoms with Crippen molar-refractivity contribution in [2.24, 2.45) is 7.05 Å². The number of aromatic nitrogens is 2. The molecule has 0 aliphatic rings. The van der Waals surface area contributed by atoms with Crippen molar-refractivity contribution in [3.63, 3.8) is 0 Å². The molecule has 0 aliphatic heterocycles. The smallest absolute Gasteiger partial charge is 0.356 e. The van der Waals surface area contributed by atoms with Gasteiger partial charge in [-0.1, -0.05) is 13.8 Å². The lowest BCUT2D eigenvalue weighted by atomic mass is 10.3. The molecule has 0 atom stereocenters. The average Bonchev–Trinajstić information content (AvgIpc) is 2.34. The standard InChI is InChI=1S/C6H8N2O2.C2H6/c1-4-3-8(2)7-5(4)6(9)10;1-2/h3H,1-2H3,(H,9,10);1-2H3. The van der Waals surface area contributed by atoms with E-state index >= 15 is 0 Å². The molecule has 1 N–H and O–H groups in total. The molecule has 12 heavy (non-hydrogen) atoms. The number of carboxylic acid groups (broad SMARTS) is 1. The van der Waals surface area contributed by atoms with Gasteiger partial charge in [-0.2, -0.15) is 5.10 Å². The maximum Gasteiger partial charge on any atom is 0.356 e. The van der Waals surface area contributed by atoms with E-state index in [9.17, 15) is 4.79 Å². The first-order chi connectivity index (χ1) is 5.61. The third-order valence-corrected chi connectivity index (χ3v) is 1.21. The van der Waals surface area contributed by atoms with Gasteiger partial charge in [0.1, 0.15) is 0 Å². The zero-order chi connectivity index (χ0) is 9.72. The predicted octanol–water partition coefficient (Wildman–Crippen LogP) is 1.45. The molecule has 1 heterocycles. The molecular weight excluding hydrogens is 156 g/mol. The predicted molar refractivity (Wildman–Crippen MR) is 46.3 cm³/mol. The van der Waals surface area contributed by atoms with E-state index in [4.69, 9.17) is 5.11 Å². The van der Waals surface area contributed by atoms with Crippen molar-refractivity contribution < 1.29 is 9.90 Å². The Hall–Kier alpha value is -1.32. The van der Waals surface area contributed by atoms with Crippen LogP contribution in [0.4, 0.5) is 0 Å². The normalized spacial score (nSPS) is 8.67. The first-order valence-corrected chi connectivity index (χ1v) is 3.85. The van der Waals surface area contributed by atoms with Crippen LogP contribution in [0.2, 0.25) is 0 Å². The summed E-state index contributed by atoms with van der Waals surface area (Å²) in [5, 5.41) is 12.2. The van der Waals surface area contributed by atoms with Crippen LogP contribution >= 0.6 is 0 Å². The minimum Gasteiger partial charge on any atom is -0.476 e. The Morgan fingerprint density at radius 1 is 1.58 bits per heavy atom. The quantitative estimate of drug-likeness (QED) is 0.694. The lowest BCUT2D eigenvalue weighted by molar-refractivity contribution is 0.0689. The van der Waals surface area contributed by atoms with Gasteiger partial charge >= 0.3 is 5.97 Å². The van der Waals surface area contributed by atoms with Crippen molar-refractivity contribution in [2.45, 2.75) is 20.8 Å². The largest absolute Gasteiger partial charge is 0.476 e. The molecule has 1 rings (SSSR count). The van der Waals surface area contributed by atoms with E-state index in [0.29, 0.717) is 5.56 Å². The Kier molecular flexibility index (Phi) is 4.04. The lowest BCUT2D eigenvalue weighted by Gasteiger charge is -1.85. The molecule has 0 aromatic carbocycles. The molecule has 0 saturated heterocycles. The van der Waals surface area contributed by atoms with Crippen LogP contribution in [0.3, 0.4) is 0 Å². The van der Waals surface area contributed by atoms with E-state index in [0.717, 1.165) is 0 Å². The first-order valence-electron chi connectivity index (χ1n) is 3.85. The molecule has 0 aliphatic carbocycles. The molecule has 0 bridgehead atoms. The molecule has 0 radical (unpaired) electrons. The van der Waals surface area contributed by atoms with E-state index in [2.05, 4.69) is 5.10 Å². The average molecular weight is 170 g/mol. The van der Waals surface area contributed by atoms with Gasteiger partial charge in [0, 0.05) is 18.8 Å². The van der Waals surface area contributed by atoms with Crippen molar-refractivity contribution in [3.05, 3.63) is 17.5 Å². The number of rotatable bonds is 1. The maximum absolute atomic E-state index is 10.4. The minimum absolute atomic E-state index is 0.127. The summed E-state index contributed by atoms with van der Waals surface area (Å²) < 4.78 is 1.48. The second-order valence-electron chi connectivity index (χ2n) is 2.14. The van der Waals surface area contributed by atoms with Crippen LogP contribution in [0.1, 0.15) is 29.9 Å². The van der Waals surface area contributed by atoms with E-state index in [1.165, 1.54) is 4.68 Å². The van der Waals surface area contributed by atoms with Gasteiger partial charge in [0.05, 0.1) is 0 Å². The van der Waals surface area contributed by atoms with Gasteiger partial charge in [-0.15, -0.1) is 0 Å². The van der Waals surface area contributed by atoms with Crippen molar-refractivity contribution in [3.8, 4) is 0 Å². The molecule has 0 fully saturated rings. The monoisotopic (exact) mass is 170 g/mol. The van der Waals surface area contributed by atoms with Gasteiger partial charge in [0.2, 0.25) is 0 Å². The number of hydrogen-bond donors (Lipinski definition) is 1. The fraction of sp³-hybridized carbons (Fsp3) is 0.500. The third kappa shape index (κ3) is 2.38. The summed E-state index contributed by atoms with van der Waals surface area (Å²) in [5.74, 6) is -0.974. The zero-order valence-electron chi connectivity index (χ0n) is 7.83. The number of aromatic carboxylic acids is 1. The molecule has 0 spiro atoms. The van der Waals surface area contributed by atoms with Crippen molar-refractivity contribution in [1.82, 2.24) is 9.78 Å². The molecule has 0 unspecified atom stereocenters. The molecule has 1 aromatic heterocycles. The van der Waals surface area contributed by atoms with E-state index in [1.54, 1.807) is 20.2 Å². The Morgan fingerprint density at radius 2 is 2.08 bits per heavy atom. The number of aryl methyl sites for hydroxylation is 2. The maximum atomic E-state index is 10.4. The van der Waals surface area contributed by atoms with Gasteiger partial charge in [0.15, 0.2) is 5.69 Å². The molecule has 0 saturated carbocycles. The van der Waals surface area contributed by atoms with Gasteiger partial charge in [-0.05, 0) is 6.92 Å². The van der Waals surface area contributed by atoms with Crippen LogP contribution < -0.4 is 0 Å². The molecule has 68 valence electrons. The third-order valence-electron chi connectivity index (χ3n) is 1.21. The molecular formula is C8H14N2O2. The fourth-order valence-corrected chi connectivity index (χ4v) is 0.818. The van der Waals surface area contributed by atoms with Crippen LogP contribution in [0, 0.1) is 6.92 Å². The second kappa shape index (κ2) is 4.54. The highest BCUT2D eigenvalue weighted by molar-refractivity contribution is 5.86. The first kappa shape index (κ1) is 10.7. The Morgan fingerprint density at radius 3 is 2.25 bits per heavy atom. The van der Waals surface area contributed by atoms with Gasteiger partial charge < -0.3 is 5.11 Å². The zero-order valence-corrected chi connectivity index (χ0v) is 7.83. The highest BCUT2D eigenvalue weighted by Gasteiger charge is 2.09. The lowest BCUT2D eigenvalue weighted by Crippen LogP contribution is -2.00. The summed E-state index contributed by atoms with van der Waals surface area (Å²) in [4.78, 5) is 10.4.